The Bertz CT molecular complexity index is 629. The minimum Gasteiger partial charge on any atom is -0.462 e. The molecule has 0 aliphatic rings. The highest BCUT2D eigenvalue weighted by molar-refractivity contribution is 7.89. The lowest BCUT2D eigenvalue weighted by Gasteiger charge is -2.18. The first-order chi connectivity index (χ1) is 10.9. The molecule has 0 aliphatic heterocycles. The van der Waals surface area contributed by atoms with Gasteiger partial charge < -0.3 is 10.5 Å². The summed E-state index contributed by atoms with van der Waals surface area (Å²) in [6.45, 7) is 5.89. The van der Waals surface area contributed by atoms with Crippen LogP contribution in [0.5, 0.6) is 0 Å². The van der Waals surface area contributed by atoms with Crippen LogP contribution in [-0.2, 0) is 14.8 Å². The fourth-order valence-corrected chi connectivity index (χ4v) is 3.74. The molecule has 0 fully saturated rings. The molecule has 0 aliphatic carbocycles. The van der Waals surface area contributed by atoms with Crippen LogP contribution in [0, 0.1) is 6.92 Å². The van der Waals surface area contributed by atoms with Gasteiger partial charge in [0.2, 0.25) is 10.0 Å². The summed E-state index contributed by atoms with van der Waals surface area (Å²) in [5.74, 6) is -0.537. The zero-order chi connectivity index (χ0) is 17.5. The second-order valence-electron chi connectivity index (χ2n) is 5.40. The van der Waals surface area contributed by atoms with E-state index >= 15 is 0 Å². The van der Waals surface area contributed by atoms with Crippen LogP contribution in [0.4, 0.5) is 0 Å². The minimum absolute atomic E-state index is 0.0815. The van der Waals surface area contributed by atoms with Crippen LogP contribution in [0.15, 0.2) is 23.1 Å². The molecule has 1 rings (SSSR count). The van der Waals surface area contributed by atoms with E-state index in [0.29, 0.717) is 12.0 Å². The zero-order valence-electron chi connectivity index (χ0n) is 14.0. The molecule has 0 bridgehead atoms. The lowest BCUT2D eigenvalue weighted by atomic mass is 10.1. The van der Waals surface area contributed by atoms with E-state index in [1.165, 1.54) is 6.07 Å². The molecule has 23 heavy (non-hydrogen) atoms. The number of nitrogens with one attached hydrogen (secondary N) is 1. The fraction of sp³-hybridized carbons (Fsp3) is 0.562. The third-order valence-corrected chi connectivity index (χ3v) is 5.16. The molecule has 1 aromatic rings. The molecule has 0 radical (unpaired) electrons. The summed E-state index contributed by atoms with van der Waals surface area (Å²) in [5, 5.41) is 0. The van der Waals surface area contributed by atoms with Crippen LogP contribution in [0.3, 0.4) is 0 Å². The molecule has 0 saturated heterocycles. The molecule has 0 amide bonds. The highest BCUT2D eigenvalue weighted by Gasteiger charge is 2.22. The predicted octanol–water partition coefficient (Wildman–Crippen LogP) is 1.97. The minimum atomic E-state index is -3.74. The van der Waals surface area contributed by atoms with Crippen molar-refractivity contribution in [3.8, 4) is 0 Å². The van der Waals surface area contributed by atoms with Gasteiger partial charge in [-0.25, -0.2) is 17.9 Å². The van der Waals surface area contributed by atoms with E-state index in [4.69, 9.17) is 10.5 Å². The van der Waals surface area contributed by atoms with Gasteiger partial charge in [-0.15, -0.1) is 0 Å². The summed E-state index contributed by atoms with van der Waals surface area (Å²) in [5.41, 5.74) is 6.44. The molecule has 3 N–H and O–H groups in total. The van der Waals surface area contributed by atoms with Gasteiger partial charge in [-0.2, -0.15) is 0 Å². The van der Waals surface area contributed by atoms with Crippen LogP contribution in [0.25, 0.3) is 0 Å². The number of carbonyl (C=O) groups excluding carboxylic acids is 1. The van der Waals surface area contributed by atoms with Crippen LogP contribution in [-0.4, -0.2) is 33.6 Å². The maximum atomic E-state index is 12.6. The van der Waals surface area contributed by atoms with Gasteiger partial charge in [0.25, 0.3) is 0 Å². The maximum absolute atomic E-state index is 12.6. The highest BCUT2D eigenvalue weighted by atomic mass is 32.2. The van der Waals surface area contributed by atoms with E-state index < -0.39 is 16.0 Å². The standard InChI is InChI=1S/C16H26N2O4S/c1-4-6-7-14(11-17)18-23(20,21)15-10-13(9-8-12(15)3)16(19)22-5-2/h8-10,14,18H,4-7,11,17H2,1-3H3. The van der Waals surface area contributed by atoms with Gasteiger partial charge >= 0.3 is 5.97 Å². The first-order valence-corrected chi connectivity index (χ1v) is 9.34. The molecule has 1 aromatic carbocycles. The molecule has 1 atom stereocenters. The van der Waals surface area contributed by atoms with Crippen molar-refractivity contribution in [3.63, 3.8) is 0 Å². The molecule has 130 valence electrons. The predicted molar refractivity (Wildman–Crippen MR) is 89.8 cm³/mol. The SMILES string of the molecule is CCCCC(CN)NS(=O)(=O)c1cc(C(=O)OCC)ccc1C. The second kappa shape index (κ2) is 9.00. The van der Waals surface area contributed by atoms with E-state index in [1.54, 1.807) is 26.0 Å². The van der Waals surface area contributed by atoms with Crippen molar-refractivity contribution in [2.75, 3.05) is 13.2 Å². The number of rotatable bonds is 9. The maximum Gasteiger partial charge on any atom is 0.338 e. The number of esters is 1. The molecular weight excluding hydrogens is 316 g/mol. The summed E-state index contributed by atoms with van der Waals surface area (Å²) in [6.07, 6.45) is 2.55. The van der Waals surface area contributed by atoms with E-state index in [0.717, 1.165) is 12.8 Å². The van der Waals surface area contributed by atoms with Crippen molar-refractivity contribution in [1.29, 1.82) is 0 Å². The molecule has 0 heterocycles. The van der Waals surface area contributed by atoms with Gasteiger partial charge in [-0.05, 0) is 38.0 Å². The monoisotopic (exact) mass is 342 g/mol. The molecule has 7 heteroatoms. The van der Waals surface area contributed by atoms with Crippen LogP contribution in [0.2, 0.25) is 0 Å². The number of nitrogens with two attached hydrogens (primary N) is 1. The number of aryl methyl sites for hydroxylation is 1. The molecule has 1 unspecified atom stereocenters. The van der Waals surface area contributed by atoms with Crippen molar-refractivity contribution in [2.24, 2.45) is 5.73 Å². The molecule has 0 aromatic heterocycles. The van der Waals surface area contributed by atoms with Gasteiger partial charge in [0.15, 0.2) is 0 Å². The Morgan fingerprint density at radius 2 is 2.04 bits per heavy atom. The number of ether oxygens (including phenoxy) is 1. The second-order valence-corrected chi connectivity index (χ2v) is 7.08. The van der Waals surface area contributed by atoms with Crippen molar-refractivity contribution in [2.45, 2.75) is 51.0 Å². The Hall–Kier alpha value is -1.44. The largest absolute Gasteiger partial charge is 0.462 e. The fourth-order valence-electron chi connectivity index (χ4n) is 2.19. The Labute approximate surface area is 138 Å². The molecule has 0 saturated carbocycles. The van der Waals surface area contributed by atoms with Gasteiger partial charge in [-0.3, -0.25) is 0 Å². The topological polar surface area (TPSA) is 98.5 Å². The van der Waals surface area contributed by atoms with Crippen molar-refractivity contribution in [3.05, 3.63) is 29.3 Å². The number of benzene rings is 1. The summed E-state index contributed by atoms with van der Waals surface area (Å²) >= 11 is 0. The average Bonchev–Trinajstić information content (AvgIpc) is 2.51. The number of hydrogen-bond donors (Lipinski definition) is 2. The Kier molecular flexibility index (Phi) is 7.67. The summed E-state index contributed by atoms with van der Waals surface area (Å²) in [6, 6.07) is 4.20. The lowest BCUT2D eigenvalue weighted by molar-refractivity contribution is 0.0526. The molecular formula is C16H26N2O4S. The third-order valence-electron chi connectivity index (χ3n) is 3.50. The van der Waals surface area contributed by atoms with Crippen molar-refractivity contribution >= 4 is 16.0 Å². The van der Waals surface area contributed by atoms with Gasteiger partial charge in [-0.1, -0.05) is 25.8 Å². The molecule has 0 spiro atoms. The smallest absolute Gasteiger partial charge is 0.338 e. The molecule has 6 nitrogen and oxygen atoms in total. The van der Waals surface area contributed by atoms with Gasteiger partial charge in [0.05, 0.1) is 17.1 Å². The van der Waals surface area contributed by atoms with Crippen molar-refractivity contribution in [1.82, 2.24) is 4.72 Å². The third kappa shape index (κ3) is 5.60. The summed E-state index contributed by atoms with van der Waals surface area (Å²) in [7, 11) is -3.74. The number of carbonyl (C=O) groups is 1. The summed E-state index contributed by atoms with van der Waals surface area (Å²) in [4.78, 5) is 11.9. The Morgan fingerprint density at radius 3 is 2.61 bits per heavy atom. The van der Waals surface area contributed by atoms with Gasteiger partial charge in [0, 0.05) is 12.6 Å². The lowest BCUT2D eigenvalue weighted by Crippen LogP contribution is -2.40. The van der Waals surface area contributed by atoms with Crippen molar-refractivity contribution < 1.29 is 17.9 Å². The Morgan fingerprint density at radius 1 is 1.35 bits per heavy atom. The van der Waals surface area contributed by atoms with Crippen LogP contribution in [0.1, 0.15) is 49.0 Å². The Balaban J connectivity index is 3.06. The number of hydrogen-bond acceptors (Lipinski definition) is 5. The average molecular weight is 342 g/mol. The van der Waals surface area contributed by atoms with E-state index in [2.05, 4.69) is 4.72 Å². The first-order valence-electron chi connectivity index (χ1n) is 7.85. The highest BCUT2D eigenvalue weighted by Crippen LogP contribution is 2.18. The van der Waals surface area contributed by atoms with Gasteiger partial charge in [0.1, 0.15) is 0 Å². The van der Waals surface area contributed by atoms with E-state index in [1.807, 2.05) is 6.92 Å². The zero-order valence-corrected chi connectivity index (χ0v) is 14.8. The first kappa shape index (κ1) is 19.6. The van der Waals surface area contributed by atoms with E-state index in [-0.39, 0.29) is 29.7 Å². The van der Waals surface area contributed by atoms with Crippen LogP contribution >= 0.6 is 0 Å². The summed E-state index contributed by atoms with van der Waals surface area (Å²) < 4.78 is 32.7. The van der Waals surface area contributed by atoms with E-state index in [9.17, 15) is 13.2 Å². The van der Waals surface area contributed by atoms with Crippen LogP contribution < -0.4 is 10.5 Å². The normalized spacial score (nSPS) is 12.9. The number of unbranched alkanes of at least 4 members (excludes halogenated alkanes) is 1. The number of sulfonamides is 1. The quantitative estimate of drug-likeness (QED) is 0.669.